The number of rotatable bonds is 4. The van der Waals surface area contributed by atoms with Crippen LogP contribution >= 0.6 is 11.3 Å². The summed E-state index contributed by atoms with van der Waals surface area (Å²) in [7, 11) is 0. The van der Waals surface area contributed by atoms with Gasteiger partial charge in [0.05, 0.1) is 10.2 Å². The number of fused-ring (bicyclic) bond motifs is 1. The number of benzene rings is 1. The highest BCUT2D eigenvalue weighted by molar-refractivity contribution is 7.22. The smallest absolute Gasteiger partial charge is 0.219 e. The Morgan fingerprint density at radius 2 is 2.22 bits per heavy atom. The average molecular weight is 263 g/mol. The van der Waals surface area contributed by atoms with Crippen molar-refractivity contribution in [1.29, 1.82) is 0 Å². The van der Waals surface area contributed by atoms with Gasteiger partial charge in [0.2, 0.25) is 5.91 Å². The van der Waals surface area contributed by atoms with Gasteiger partial charge in [-0.3, -0.25) is 4.79 Å². The first-order chi connectivity index (χ1) is 8.35. The number of nitrogens with two attached hydrogens (primary N) is 1. The molecule has 3 N–H and O–H groups in total. The number of nitrogens with one attached hydrogen (secondary N) is 1. The Labute approximate surface area is 110 Å². The third kappa shape index (κ3) is 2.98. The number of hydrogen-bond donors (Lipinski definition) is 2. The molecule has 0 bridgehead atoms. The van der Waals surface area contributed by atoms with E-state index in [2.05, 4.69) is 28.5 Å². The number of thiazole rings is 1. The molecule has 0 aliphatic carbocycles. The second kappa shape index (κ2) is 4.57. The Hall–Kier alpha value is -1.62. The normalized spacial score (nSPS) is 11.7. The highest BCUT2D eigenvalue weighted by Crippen LogP contribution is 2.29. The quantitative estimate of drug-likeness (QED) is 0.891. The fourth-order valence-electron chi connectivity index (χ4n) is 1.86. The number of primary amides is 1. The van der Waals surface area contributed by atoms with Gasteiger partial charge in [0.1, 0.15) is 0 Å². The molecule has 2 rings (SSSR count). The van der Waals surface area contributed by atoms with Crippen molar-refractivity contribution in [2.24, 2.45) is 5.73 Å². The topological polar surface area (TPSA) is 68.0 Å². The molecule has 0 unspecified atom stereocenters. The van der Waals surface area contributed by atoms with E-state index in [-0.39, 0.29) is 17.9 Å². The molecule has 0 atom stereocenters. The number of anilines is 1. The van der Waals surface area contributed by atoms with Crippen LogP contribution in [0, 0.1) is 6.92 Å². The Morgan fingerprint density at radius 3 is 2.89 bits per heavy atom. The first kappa shape index (κ1) is 12.8. The summed E-state index contributed by atoms with van der Waals surface area (Å²) in [5, 5.41) is 4.09. The largest absolute Gasteiger partial charge is 0.370 e. The number of aromatic nitrogens is 1. The maximum atomic E-state index is 11.0. The molecule has 0 aliphatic heterocycles. The minimum absolute atomic E-state index is 0.280. The lowest BCUT2D eigenvalue weighted by molar-refractivity contribution is -0.118. The Kier molecular flexibility index (Phi) is 3.26. The molecule has 0 aliphatic rings. The van der Waals surface area contributed by atoms with E-state index >= 15 is 0 Å². The Bertz CT molecular complexity index is 589. The van der Waals surface area contributed by atoms with E-state index in [4.69, 9.17) is 5.73 Å². The SMILES string of the molecule is Cc1ccc2sc(NC(C)(C)CC(N)=O)nc2c1. The fourth-order valence-corrected chi connectivity index (χ4v) is 2.89. The standard InChI is InChI=1S/C13H17N3OS/c1-8-4-5-10-9(6-8)15-12(18-10)16-13(2,3)7-11(14)17/h4-6H,7H2,1-3H3,(H2,14,17)(H,15,16). The van der Waals surface area contributed by atoms with Gasteiger partial charge in [-0.2, -0.15) is 0 Å². The second-order valence-corrected chi connectivity index (χ2v) is 6.17. The van der Waals surface area contributed by atoms with Gasteiger partial charge < -0.3 is 11.1 Å². The molecular formula is C13H17N3OS. The van der Waals surface area contributed by atoms with Crippen LogP contribution in [0.3, 0.4) is 0 Å². The van der Waals surface area contributed by atoms with E-state index in [1.165, 1.54) is 5.56 Å². The van der Waals surface area contributed by atoms with E-state index < -0.39 is 0 Å². The van der Waals surface area contributed by atoms with Crippen LogP contribution in [0.5, 0.6) is 0 Å². The van der Waals surface area contributed by atoms with Crippen molar-refractivity contribution in [3.63, 3.8) is 0 Å². The van der Waals surface area contributed by atoms with Crippen molar-refractivity contribution in [1.82, 2.24) is 4.98 Å². The molecule has 18 heavy (non-hydrogen) atoms. The van der Waals surface area contributed by atoms with E-state index in [1.54, 1.807) is 11.3 Å². The first-order valence-electron chi connectivity index (χ1n) is 5.79. The van der Waals surface area contributed by atoms with Gasteiger partial charge in [-0.15, -0.1) is 0 Å². The minimum atomic E-state index is -0.380. The minimum Gasteiger partial charge on any atom is -0.370 e. The van der Waals surface area contributed by atoms with Crippen LogP contribution in [0.4, 0.5) is 5.13 Å². The molecule has 96 valence electrons. The second-order valence-electron chi connectivity index (χ2n) is 5.14. The van der Waals surface area contributed by atoms with Gasteiger partial charge in [0.15, 0.2) is 5.13 Å². The summed E-state index contributed by atoms with van der Waals surface area (Å²) in [6, 6.07) is 6.19. The van der Waals surface area contributed by atoms with Crippen LogP contribution in [-0.4, -0.2) is 16.4 Å². The van der Waals surface area contributed by atoms with Gasteiger partial charge in [0.25, 0.3) is 0 Å². The molecular weight excluding hydrogens is 246 g/mol. The van der Waals surface area contributed by atoms with Gasteiger partial charge in [-0.1, -0.05) is 17.4 Å². The monoisotopic (exact) mass is 263 g/mol. The van der Waals surface area contributed by atoms with Crippen LogP contribution in [0.1, 0.15) is 25.8 Å². The number of aryl methyl sites for hydroxylation is 1. The van der Waals surface area contributed by atoms with Gasteiger partial charge in [0, 0.05) is 12.0 Å². The van der Waals surface area contributed by atoms with Crippen LogP contribution < -0.4 is 11.1 Å². The zero-order chi connectivity index (χ0) is 13.3. The van der Waals surface area contributed by atoms with E-state index in [0.29, 0.717) is 0 Å². The highest BCUT2D eigenvalue weighted by atomic mass is 32.1. The Balaban J connectivity index is 2.24. The number of amides is 1. The molecule has 1 heterocycles. The zero-order valence-corrected chi connectivity index (χ0v) is 11.6. The lowest BCUT2D eigenvalue weighted by Crippen LogP contribution is -2.35. The molecule has 1 amide bonds. The summed E-state index contributed by atoms with van der Waals surface area (Å²) in [4.78, 5) is 15.5. The van der Waals surface area contributed by atoms with Crippen molar-refractivity contribution in [3.05, 3.63) is 23.8 Å². The summed E-state index contributed by atoms with van der Waals surface area (Å²) in [5.41, 5.74) is 7.03. The van der Waals surface area contributed by atoms with Gasteiger partial charge >= 0.3 is 0 Å². The number of hydrogen-bond acceptors (Lipinski definition) is 4. The molecule has 0 radical (unpaired) electrons. The van der Waals surface area contributed by atoms with E-state index in [0.717, 1.165) is 15.3 Å². The Morgan fingerprint density at radius 1 is 1.50 bits per heavy atom. The van der Waals surface area contributed by atoms with Gasteiger partial charge in [-0.05, 0) is 38.5 Å². The summed E-state index contributed by atoms with van der Waals surface area (Å²) in [6.45, 7) is 5.92. The molecule has 0 fully saturated rings. The average Bonchev–Trinajstić information content (AvgIpc) is 2.55. The molecule has 2 aromatic rings. The van der Waals surface area contributed by atoms with Crippen LogP contribution in [0.2, 0.25) is 0 Å². The number of carbonyl (C=O) groups is 1. The third-order valence-electron chi connectivity index (χ3n) is 2.60. The summed E-state index contributed by atoms with van der Waals surface area (Å²) in [6.07, 6.45) is 0.280. The van der Waals surface area contributed by atoms with Crippen LogP contribution in [0.25, 0.3) is 10.2 Å². The van der Waals surface area contributed by atoms with Gasteiger partial charge in [-0.25, -0.2) is 4.98 Å². The maximum absolute atomic E-state index is 11.0. The predicted octanol–water partition coefficient (Wildman–Crippen LogP) is 2.67. The zero-order valence-electron chi connectivity index (χ0n) is 10.8. The fraction of sp³-hybridized carbons (Fsp3) is 0.385. The third-order valence-corrected chi connectivity index (χ3v) is 3.56. The molecule has 5 heteroatoms. The molecule has 1 aromatic carbocycles. The molecule has 0 spiro atoms. The molecule has 4 nitrogen and oxygen atoms in total. The summed E-state index contributed by atoms with van der Waals surface area (Å²) < 4.78 is 1.14. The molecule has 1 aromatic heterocycles. The highest BCUT2D eigenvalue weighted by Gasteiger charge is 2.21. The predicted molar refractivity (Wildman–Crippen MR) is 75.9 cm³/mol. The van der Waals surface area contributed by atoms with Crippen molar-refractivity contribution in [2.75, 3.05) is 5.32 Å². The number of carbonyl (C=O) groups excluding carboxylic acids is 1. The first-order valence-corrected chi connectivity index (χ1v) is 6.61. The maximum Gasteiger partial charge on any atom is 0.219 e. The lowest BCUT2D eigenvalue weighted by Gasteiger charge is -2.24. The molecule has 0 saturated carbocycles. The molecule has 0 saturated heterocycles. The van der Waals surface area contributed by atoms with Crippen molar-refractivity contribution < 1.29 is 4.79 Å². The summed E-state index contributed by atoms with van der Waals surface area (Å²) >= 11 is 1.59. The van der Waals surface area contributed by atoms with E-state index in [1.807, 2.05) is 20.8 Å². The van der Waals surface area contributed by atoms with Crippen LogP contribution in [0.15, 0.2) is 18.2 Å². The van der Waals surface area contributed by atoms with Crippen molar-refractivity contribution in [3.8, 4) is 0 Å². The van der Waals surface area contributed by atoms with Crippen LogP contribution in [-0.2, 0) is 4.79 Å². The number of nitrogens with zero attached hydrogens (tertiary/aromatic N) is 1. The van der Waals surface area contributed by atoms with E-state index in [9.17, 15) is 4.79 Å². The van der Waals surface area contributed by atoms with Crippen molar-refractivity contribution in [2.45, 2.75) is 32.7 Å². The van der Waals surface area contributed by atoms with Crippen molar-refractivity contribution >= 4 is 32.6 Å². The summed E-state index contributed by atoms with van der Waals surface area (Å²) in [5.74, 6) is -0.315. The lowest BCUT2D eigenvalue weighted by atomic mass is 10.0.